The van der Waals surface area contributed by atoms with E-state index in [1.165, 1.54) is 0 Å². The van der Waals surface area contributed by atoms with Crippen molar-refractivity contribution in [2.75, 3.05) is 14.2 Å². The van der Waals surface area contributed by atoms with Crippen LogP contribution in [0.3, 0.4) is 0 Å². The maximum absolute atomic E-state index is 12.4. The van der Waals surface area contributed by atoms with Crippen LogP contribution in [-0.2, 0) is 22.4 Å². The van der Waals surface area contributed by atoms with Gasteiger partial charge in [-0.25, -0.2) is 0 Å². The van der Waals surface area contributed by atoms with Crippen LogP contribution in [0.4, 0.5) is 0 Å². The Bertz CT molecular complexity index is 1370. The lowest BCUT2D eigenvalue weighted by atomic mass is 10.0. The second-order valence-electron chi connectivity index (χ2n) is 8.02. The number of Topliss-reactive ketones (excluding diaryl/α,β-unsaturated/α-hetero) is 2. The molecule has 4 aromatic rings. The lowest BCUT2D eigenvalue weighted by Gasteiger charge is -2.12. The number of hydrogen-bond acceptors (Lipinski definition) is 6. The molecule has 0 aliphatic rings. The largest absolute Gasteiger partial charge is 0.493 e. The Balaban J connectivity index is 1.40. The van der Waals surface area contributed by atoms with Crippen molar-refractivity contribution in [2.45, 2.75) is 19.3 Å². The van der Waals surface area contributed by atoms with Crippen LogP contribution >= 0.6 is 11.6 Å². The molecule has 0 aliphatic carbocycles. The Morgan fingerprint density at radius 2 is 1.49 bits per heavy atom. The summed E-state index contributed by atoms with van der Waals surface area (Å²) in [6, 6.07) is 19.7. The van der Waals surface area contributed by atoms with Gasteiger partial charge in [0.25, 0.3) is 0 Å². The van der Waals surface area contributed by atoms with Gasteiger partial charge in [-0.1, -0.05) is 35.9 Å². The molecule has 0 unspecified atom stereocenters. The van der Waals surface area contributed by atoms with Crippen LogP contribution in [0, 0.1) is 0 Å². The van der Waals surface area contributed by atoms with Crippen LogP contribution in [0.15, 0.2) is 72.9 Å². The zero-order valence-corrected chi connectivity index (χ0v) is 20.2. The molecule has 3 aromatic carbocycles. The second-order valence-corrected chi connectivity index (χ2v) is 8.45. The van der Waals surface area contributed by atoms with Gasteiger partial charge >= 0.3 is 0 Å². The highest BCUT2D eigenvalue weighted by Gasteiger charge is 2.13. The number of fused-ring (bicyclic) bond motifs is 1. The van der Waals surface area contributed by atoms with E-state index in [9.17, 15) is 9.59 Å². The molecule has 0 aliphatic heterocycles. The molecule has 0 atom stereocenters. The number of methoxy groups -OCH3 is 2. The molecule has 0 bridgehead atoms. The predicted molar refractivity (Wildman–Crippen MR) is 135 cm³/mol. The number of aromatic nitrogens is 1. The molecule has 0 saturated carbocycles. The maximum Gasteiger partial charge on any atom is 0.162 e. The fourth-order valence-electron chi connectivity index (χ4n) is 3.79. The number of carbonyl (C=O) groups is 2. The van der Waals surface area contributed by atoms with Gasteiger partial charge in [-0.2, -0.15) is 0 Å². The number of nitrogens with zero attached hydrogens (tertiary/aromatic N) is 1. The molecule has 6 nitrogen and oxygen atoms in total. The minimum atomic E-state index is -0.133. The molecule has 7 heteroatoms. The normalized spacial score (nSPS) is 10.7. The summed E-state index contributed by atoms with van der Waals surface area (Å²) in [5.74, 6) is 2.13. The highest BCUT2D eigenvalue weighted by Crippen LogP contribution is 2.36. The fourth-order valence-corrected chi connectivity index (χ4v) is 4.00. The van der Waals surface area contributed by atoms with Crippen molar-refractivity contribution in [1.82, 2.24) is 4.98 Å². The summed E-state index contributed by atoms with van der Waals surface area (Å²) in [6.45, 7) is 0. The highest BCUT2D eigenvalue weighted by atomic mass is 35.5. The minimum Gasteiger partial charge on any atom is -0.493 e. The first-order chi connectivity index (χ1) is 16.9. The maximum atomic E-state index is 12.4. The Labute approximate surface area is 208 Å². The fraction of sp³-hybridized carbons (Fsp3) is 0.179. The van der Waals surface area contributed by atoms with Gasteiger partial charge in [0, 0.05) is 35.5 Å². The molecular weight excluding hydrogens is 466 g/mol. The number of ketones is 2. The summed E-state index contributed by atoms with van der Waals surface area (Å²) < 4.78 is 16.8. The minimum absolute atomic E-state index is 0.112. The van der Waals surface area contributed by atoms with E-state index < -0.39 is 0 Å². The van der Waals surface area contributed by atoms with E-state index >= 15 is 0 Å². The molecule has 35 heavy (non-hydrogen) atoms. The van der Waals surface area contributed by atoms with Crippen LogP contribution in [0.25, 0.3) is 10.9 Å². The first-order valence-electron chi connectivity index (χ1n) is 11.0. The molecule has 0 amide bonds. The number of halogens is 1. The Morgan fingerprint density at radius 1 is 0.800 bits per heavy atom. The number of rotatable bonds is 10. The van der Waals surface area contributed by atoms with Crippen molar-refractivity contribution >= 4 is 34.1 Å². The van der Waals surface area contributed by atoms with E-state index in [4.69, 9.17) is 25.8 Å². The Kier molecular flexibility index (Phi) is 7.63. The summed E-state index contributed by atoms with van der Waals surface area (Å²) in [6.07, 6.45) is 1.92. The zero-order valence-electron chi connectivity index (χ0n) is 19.4. The van der Waals surface area contributed by atoms with Crippen molar-refractivity contribution in [2.24, 2.45) is 0 Å². The molecule has 0 spiro atoms. The standard InChI is InChI=1S/C28H24ClNO5/c1-33-27-16-24-25(17-28(27)34-2)30-11-10-26(24)35-23-8-6-18(7-9-23)13-21(31)15-22(32)14-19-4-3-5-20(29)12-19/h3-12,16-17H,13-15H2,1-2H3. The average molecular weight is 490 g/mol. The molecule has 0 N–H and O–H groups in total. The molecule has 178 valence electrons. The molecule has 0 radical (unpaired) electrons. The van der Waals surface area contributed by atoms with Gasteiger partial charge in [0.1, 0.15) is 23.1 Å². The predicted octanol–water partition coefficient (Wildman–Crippen LogP) is 6.01. The van der Waals surface area contributed by atoms with E-state index in [0.29, 0.717) is 33.5 Å². The van der Waals surface area contributed by atoms with Crippen molar-refractivity contribution in [1.29, 1.82) is 0 Å². The van der Waals surface area contributed by atoms with Crippen molar-refractivity contribution < 1.29 is 23.8 Å². The number of hydrogen-bond donors (Lipinski definition) is 0. The summed E-state index contributed by atoms with van der Waals surface area (Å²) in [7, 11) is 3.15. The SMILES string of the molecule is COc1cc2nccc(Oc3ccc(CC(=O)CC(=O)Cc4cccc(Cl)c4)cc3)c2cc1OC. The smallest absolute Gasteiger partial charge is 0.162 e. The van der Waals surface area contributed by atoms with Gasteiger partial charge in [0.15, 0.2) is 11.5 Å². The first-order valence-corrected chi connectivity index (χ1v) is 11.4. The topological polar surface area (TPSA) is 74.7 Å². The number of carbonyl (C=O) groups excluding carboxylic acids is 2. The van der Waals surface area contributed by atoms with E-state index in [1.54, 1.807) is 62.9 Å². The summed E-state index contributed by atoms with van der Waals surface area (Å²) >= 11 is 5.96. The van der Waals surface area contributed by atoms with Crippen LogP contribution in [-0.4, -0.2) is 30.8 Å². The monoisotopic (exact) mass is 489 g/mol. The van der Waals surface area contributed by atoms with Gasteiger partial charge in [0.05, 0.1) is 26.2 Å². The number of benzene rings is 3. The van der Waals surface area contributed by atoms with E-state index in [-0.39, 0.29) is 30.8 Å². The van der Waals surface area contributed by atoms with E-state index in [1.807, 2.05) is 24.3 Å². The van der Waals surface area contributed by atoms with Gasteiger partial charge in [-0.05, 0) is 47.5 Å². The van der Waals surface area contributed by atoms with Crippen molar-refractivity contribution in [3.05, 3.63) is 89.1 Å². The van der Waals surface area contributed by atoms with Crippen LogP contribution in [0.2, 0.25) is 5.02 Å². The third-order valence-electron chi connectivity index (χ3n) is 5.44. The van der Waals surface area contributed by atoms with Crippen molar-refractivity contribution in [3.63, 3.8) is 0 Å². The first kappa shape index (κ1) is 24.2. The number of pyridine rings is 1. The molecular formula is C28H24ClNO5. The van der Waals surface area contributed by atoms with Crippen molar-refractivity contribution in [3.8, 4) is 23.0 Å². The molecule has 1 heterocycles. The Hall–Kier alpha value is -3.90. The van der Waals surface area contributed by atoms with Gasteiger partial charge in [-0.3, -0.25) is 14.6 Å². The lowest BCUT2D eigenvalue weighted by molar-refractivity contribution is -0.126. The molecule has 1 aromatic heterocycles. The van der Waals surface area contributed by atoms with Crippen LogP contribution < -0.4 is 14.2 Å². The lowest BCUT2D eigenvalue weighted by Crippen LogP contribution is -2.12. The van der Waals surface area contributed by atoms with E-state index in [2.05, 4.69) is 4.98 Å². The molecule has 0 fully saturated rings. The third-order valence-corrected chi connectivity index (χ3v) is 5.68. The Morgan fingerprint density at radius 3 is 2.17 bits per heavy atom. The van der Waals surface area contributed by atoms with Crippen LogP contribution in [0.1, 0.15) is 17.5 Å². The molecule has 4 rings (SSSR count). The van der Waals surface area contributed by atoms with Crippen LogP contribution in [0.5, 0.6) is 23.0 Å². The molecule has 0 saturated heterocycles. The van der Waals surface area contributed by atoms with E-state index in [0.717, 1.165) is 16.5 Å². The average Bonchev–Trinajstić information content (AvgIpc) is 2.84. The van der Waals surface area contributed by atoms with Gasteiger partial charge in [0.2, 0.25) is 0 Å². The van der Waals surface area contributed by atoms with Gasteiger partial charge in [-0.15, -0.1) is 0 Å². The van der Waals surface area contributed by atoms with Gasteiger partial charge < -0.3 is 14.2 Å². The third kappa shape index (κ3) is 6.16. The summed E-state index contributed by atoms with van der Waals surface area (Å²) in [4.78, 5) is 29.1. The second kappa shape index (κ2) is 11.0. The zero-order chi connectivity index (χ0) is 24.8. The summed E-state index contributed by atoms with van der Waals surface area (Å²) in [5, 5.41) is 1.35. The number of ether oxygens (including phenoxy) is 3. The quantitative estimate of drug-likeness (QED) is 0.254. The highest BCUT2D eigenvalue weighted by molar-refractivity contribution is 6.30. The summed E-state index contributed by atoms with van der Waals surface area (Å²) in [5.41, 5.74) is 2.32.